The molecule has 2 aromatic carbocycles. The molecule has 1 heterocycles. The zero-order chi connectivity index (χ0) is 25.9. The molecule has 0 radical (unpaired) electrons. The largest absolute Gasteiger partial charge is 0.457 e. The summed E-state index contributed by atoms with van der Waals surface area (Å²) in [4.78, 5) is 31.6. The van der Waals surface area contributed by atoms with Crippen molar-refractivity contribution in [2.75, 3.05) is 39.3 Å². The van der Waals surface area contributed by atoms with Crippen LogP contribution in [0.4, 0.5) is 0 Å². The number of nitrogens with zero attached hydrogens (tertiary/aromatic N) is 2. The van der Waals surface area contributed by atoms with E-state index in [2.05, 4.69) is 49.6 Å². The summed E-state index contributed by atoms with van der Waals surface area (Å²) in [5.41, 5.74) is 2.16. The normalized spacial score (nSPS) is 12.4. The minimum absolute atomic E-state index is 0.206. The first-order chi connectivity index (χ1) is 17.4. The predicted octanol–water partition coefficient (Wildman–Crippen LogP) is 6.86. The lowest BCUT2D eigenvalue weighted by Crippen LogP contribution is -2.24. The van der Waals surface area contributed by atoms with Gasteiger partial charge in [0.25, 0.3) is 0 Å². The lowest BCUT2D eigenvalue weighted by molar-refractivity contribution is -0.111. The molecule has 7 heteroatoms. The fraction of sp³-hybridized carbons (Fsp3) is 0.517. The van der Waals surface area contributed by atoms with Crippen LogP contribution in [0.3, 0.4) is 0 Å². The monoisotopic (exact) mass is 528 g/mol. The molecule has 0 saturated heterocycles. The number of ether oxygens (including phenoxy) is 1. The molecule has 196 valence electrons. The Morgan fingerprint density at radius 2 is 1.14 bits per heavy atom. The minimum Gasteiger partial charge on any atom is -0.457 e. The van der Waals surface area contributed by atoms with Gasteiger partial charge in [-0.15, -0.1) is 0 Å². The Morgan fingerprint density at radius 1 is 0.722 bits per heavy atom. The molecular weight excluding hydrogens is 488 g/mol. The number of fused-ring (bicyclic) bond motifs is 2. The van der Waals surface area contributed by atoms with Crippen LogP contribution < -0.4 is 4.74 Å². The first-order valence-electron chi connectivity index (χ1n) is 13.2. The van der Waals surface area contributed by atoms with E-state index in [9.17, 15) is 9.59 Å². The third kappa shape index (κ3) is 8.65. The van der Waals surface area contributed by atoms with Gasteiger partial charge in [-0.1, -0.05) is 51.2 Å². The third-order valence-corrected chi connectivity index (χ3v) is 8.47. The molecule has 0 amide bonds. The Kier molecular flexibility index (Phi) is 11.8. The van der Waals surface area contributed by atoms with Crippen LogP contribution >= 0.6 is 23.5 Å². The summed E-state index contributed by atoms with van der Waals surface area (Å²) in [5.74, 6) is 1.68. The van der Waals surface area contributed by atoms with Crippen LogP contribution in [0.2, 0.25) is 0 Å². The van der Waals surface area contributed by atoms with E-state index < -0.39 is 0 Å². The van der Waals surface area contributed by atoms with E-state index in [1.165, 1.54) is 23.5 Å². The van der Waals surface area contributed by atoms with Gasteiger partial charge >= 0.3 is 0 Å². The van der Waals surface area contributed by atoms with Crippen LogP contribution in [0.5, 0.6) is 11.5 Å². The number of carbonyl (C=O) groups is 2. The highest BCUT2D eigenvalue weighted by Crippen LogP contribution is 2.40. The van der Waals surface area contributed by atoms with Crippen LogP contribution in [0, 0.1) is 0 Å². The molecule has 1 aliphatic heterocycles. The van der Waals surface area contributed by atoms with E-state index >= 15 is 0 Å². The Bertz CT molecular complexity index is 940. The fourth-order valence-corrected chi connectivity index (χ4v) is 6.07. The first kappa shape index (κ1) is 28.8. The van der Waals surface area contributed by atoms with Crippen molar-refractivity contribution in [3.63, 3.8) is 0 Å². The van der Waals surface area contributed by atoms with Gasteiger partial charge in [-0.2, -0.15) is 0 Å². The van der Waals surface area contributed by atoms with Crippen LogP contribution in [-0.4, -0.2) is 59.3 Å². The van der Waals surface area contributed by atoms with Crippen LogP contribution in [0.25, 0.3) is 0 Å². The SMILES string of the molecule is CCN(CC)CCCC(=O)Sc1ccc2c(c1)Cc1cc(SC(=O)CCCN(CC)CC)ccc1O2. The molecule has 3 rings (SSSR count). The summed E-state index contributed by atoms with van der Waals surface area (Å²) in [6.07, 6.45) is 3.69. The van der Waals surface area contributed by atoms with Crippen molar-refractivity contribution in [3.8, 4) is 11.5 Å². The summed E-state index contributed by atoms with van der Waals surface area (Å²) >= 11 is 2.65. The standard InChI is InChI=1S/C29H40N2O3S2/c1-5-30(6-2)17-9-11-28(32)35-24-13-15-26-22(20-24)19-23-21-25(14-16-27(23)34-26)36-29(33)12-10-18-31(7-3)8-4/h13-16,20-21H,5-12,17-19H2,1-4H3. The molecular formula is C29H40N2O3S2. The smallest absolute Gasteiger partial charge is 0.193 e. The van der Waals surface area contributed by atoms with Gasteiger partial charge in [0.1, 0.15) is 11.5 Å². The van der Waals surface area contributed by atoms with Crippen molar-refractivity contribution in [1.82, 2.24) is 9.80 Å². The maximum Gasteiger partial charge on any atom is 0.193 e. The summed E-state index contributed by atoms with van der Waals surface area (Å²) in [6.45, 7) is 14.6. The average Bonchev–Trinajstić information content (AvgIpc) is 2.88. The molecule has 0 fully saturated rings. The van der Waals surface area contributed by atoms with Crippen LogP contribution in [-0.2, 0) is 16.0 Å². The van der Waals surface area contributed by atoms with E-state index in [1.54, 1.807) is 0 Å². The van der Waals surface area contributed by atoms with Gasteiger partial charge in [0.05, 0.1) is 0 Å². The second kappa shape index (κ2) is 14.8. The highest BCUT2D eigenvalue weighted by Gasteiger charge is 2.19. The van der Waals surface area contributed by atoms with E-state index in [4.69, 9.17) is 4.74 Å². The fourth-order valence-electron chi connectivity index (χ4n) is 4.38. The second-order valence-corrected chi connectivity index (χ2v) is 11.3. The summed E-state index contributed by atoms with van der Waals surface area (Å²) in [6, 6.07) is 12.0. The molecule has 0 aromatic heterocycles. The van der Waals surface area contributed by atoms with Crippen molar-refractivity contribution in [3.05, 3.63) is 47.5 Å². The van der Waals surface area contributed by atoms with Gasteiger partial charge in [-0.3, -0.25) is 9.59 Å². The molecule has 0 aliphatic carbocycles. The van der Waals surface area contributed by atoms with Crippen LogP contribution in [0.15, 0.2) is 46.2 Å². The average molecular weight is 529 g/mol. The highest BCUT2D eigenvalue weighted by molar-refractivity contribution is 8.13. The highest BCUT2D eigenvalue weighted by atomic mass is 32.2. The molecule has 0 atom stereocenters. The lowest BCUT2D eigenvalue weighted by Gasteiger charge is -2.21. The lowest BCUT2D eigenvalue weighted by atomic mass is 10.0. The summed E-state index contributed by atoms with van der Waals surface area (Å²) in [5, 5.41) is 0.412. The molecule has 2 aromatic rings. The molecule has 0 unspecified atom stereocenters. The van der Waals surface area contributed by atoms with Crippen molar-refractivity contribution in [2.24, 2.45) is 0 Å². The molecule has 0 spiro atoms. The number of rotatable bonds is 14. The first-order valence-corrected chi connectivity index (χ1v) is 14.9. The Morgan fingerprint density at radius 3 is 1.53 bits per heavy atom. The van der Waals surface area contributed by atoms with E-state index in [0.717, 1.165) is 90.9 Å². The molecule has 0 N–H and O–H groups in total. The Hall–Kier alpha value is -1.80. The number of thioether (sulfide) groups is 2. The molecule has 0 saturated carbocycles. The molecule has 1 aliphatic rings. The number of hydrogen-bond acceptors (Lipinski definition) is 7. The predicted molar refractivity (Wildman–Crippen MR) is 152 cm³/mol. The van der Waals surface area contributed by atoms with Gasteiger partial charge in [0.2, 0.25) is 0 Å². The van der Waals surface area contributed by atoms with Crippen LogP contribution in [0.1, 0.15) is 64.5 Å². The molecule has 5 nitrogen and oxygen atoms in total. The quantitative estimate of drug-likeness (QED) is 0.212. The number of hydrogen-bond donors (Lipinski definition) is 0. The van der Waals surface area contributed by atoms with Crippen molar-refractivity contribution in [1.29, 1.82) is 0 Å². The van der Waals surface area contributed by atoms with E-state index in [-0.39, 0.29) is 10.2 Å². The van der Waals surface area contributed by atoms with E-state index in [1.807, 2.05) is 24.3 Å². The summed E-state index contributed by atoms with van der Waals surface area (Å²) in [7, 11) is 0. The van der Waals surface area contributed by atoms with Crippen molar-refractivity contribution in [2.45, 2.75) is 69.6 Å². The minimum atomic E-state index is 0.206. The maximum absolute atomic E-state index is 12.5. The Balaban J connectivity index is 1.54. The zero-order valence-corrected chi connectivity index (χ0v) is 23.8. The van der Waals surface area contributed by atoms with E-state index in [0.29, 0.717) is 12.8 Å². The second-order valence-electron chi connectivity index (χ2n) is 9.03. The number of benzene rings is 2. The van der Waals surface area contributed by atoms with Gasteiger partial charge in [0, 0.05) is 40.2 Å². The molecule has 0 bridgehead atoms. The van der Waals surface area contributed by atoms with Crippen molar-refractivity contribution < 1.29 is 14.3 Å². The number of carbonyl (C=O) groups excluding carboxylic acids is 2. The van der Waals surface area contributed by atoms with Gasteiger partial charge in [-0.05, 0) is 88.5 Å². The van der Waals surface area contributed by atoms with Gasteiger partial charge in [-0.25, -0.2) is 0 Å². The Labute approximate surface area is 225 Å². The third-order valence-electron chi connectivity index (χ3n) is 6.63. The van der Waals surface area contributed by atoms with Gasteiger partial charge < -0.3 is 14.5 Å². The van der Waals surface area contributed by atoms with Gasteiger partial charge in [0.15, 0.2) is 10.2 Å². The molecule has 36 heavy (non-hydrogen) atoms. The maximum atomic E-state index is 12.5. The summed E-state index contributed by atoms with van der Waals surface area (Å²) < 4.78 is 6.13. The topological polar surface area (TPSA) is 49.9 Å². The van der Waals surface area contributed by atoms with Crippen molar-refractivity contribution >= 4 is 33.8 Å². The zero-order valence-electron chi connectivity index (χ0n) is 22.2.